The summed E-state index contributed by atoms with van der Waals surface area (Å²) in [5, 5.41) is 11.8. The summed E-state index contributed by atoms with van der Waals surface area (Å²) in [6, 6.07) is 24.2. The van der Waals surface area contributed by atoms with Crippen molar-refractivity contribution in [1.29, 1.82) is 0 Å². The highest BCUT2D eigenvalue weighted by Gasteiger charge is 2.69. The van der Waals surface area contributed by atoms with E-state index in [1.165, 1.54) is 52.9 Å². The lowest BCUT2D eigenvalue weighted by Gasteiger charge is -2.49. The molecule has 3 aliphatic rings. The molecule has 4 aromatic carbocycles. The third-order valence-corrected chi connectivity index (χ3v) is 10.3. The molecule has 2 amide bonds. The standard InChI is InChI=1S/C37H29ClFN5O6/c1-50-31-19-26(45)15-16-28(31)32-27-17-18-41-35(48)42(25-5-3-2-4-6-25)36(49)44(41)30(27)20-29-33(46)43(40-24-13-11-23(39)12-14-24)34(47)37(29,32)21-7-9-22(38)10-8-21/h2-17,19,29-30,32,40,45H,18,20H2,1H3. The van der Waals surface area contributed by atoms with Crippen LogP contribution in [-0.2, 0) is 21.5 Å². The van der Waals surface area contributed by atoms with Crippen molar-refractivity contribution >= 4 is 29.1 Å². The Morgan fingerprint density at radius 2 is 1.64 bits per heavy atom. The van der Waals surface area contributed by atoms with Crippen LogP contribution in [-0.4, -0.2) is 43.0 Å². The van der Waals surface area contributed by atoms with Gasteiger partial charge in [-0.3, -0.25) is 15.0 Å². The number of imide groups is 1. The molecule has 1 aliphatic carbocycles. The monoisotopic (exact) mass is 693 g/mol. The van der Waals surface area contributed by atoms with Crippen molar-refractivity contribution in [2.45, 2.75) is 30.3 Å². The molecule has 1 aromatic heterocycles. The lowest BCUT2D eigenvalue weighted by molar-refractivity contribution is -0.138. The van der Waals surface area contributed by atoms with Gasteiger partial charge in [0.15, 0.2) is 0 Å². The number of methoxy groups -OCH3 is 1. The number of hydrazine groups is 1. The van der Waals surface area contributed by atoms with Gasteiger partial charge in [0.05, 0.1) is 42.4 Å². The molecule has 0 bridgehead atoms. The fourth-order valence-electron chi connectivity index (χ4n) is 8.00. The van der Waals surface area contributed by atoms with Crippen LogP contribution in [0.5, 0.6) is 11.5 Å². The number of carbonyl (C=O) groups is 2. The van der Waals surface area contributed by atoms with Gasteiger partial charge in [0.2, 0.25) is 0 Å². The van der Waals surface area contributed by atoms with Crippen LogP contribution in [0.25, 0.3) is 5.69 Å². The molecule has 2 N–H and O–H groups in total. The molecule has 2 fully saturated rings. The van der Waals surface area contributed by atoms with Gasteiger partial charge in [0.25, 0.3) is 11.8 Å². The molecule has 2 aliphatic heterocycles. The Hall–Kier alpha value is -5.88. The van der Waals surface area contributed by atoms with Crippen LogP contribution >= 0.6 is 11.6 Å². The van der Waals surface area contributed by atoms with E-state index < -0.39 is 52.3 Å². The van der Waals surface area contributed by atoms with E-state index >= 15 is 4.79 Å². The van der Waals surface area contributed by atoms with Crippen LogP contribution in [0.4, 0.5) is 10.1 Å². The summed E-state index contributed by atoms with van der Waals surface area (Å²) in [7, 11) is 1.44. The highest BCUT2D eigenvalue weighted by molar-refractivity contribution is 6.30. The van der Waals surface area contributed by atoms with Crippen molar-refractivity contribution in [3.05, 3.63) is 152 Å². The van der Waals surface area contributed by atoms with E-state index in [1.807, 2.05) is 6.08 Å². The number of fused-ring (bicyclic) bond motifs is 4. The van der Waals surface area contributed by atoms with Crippen LogP contribution in [0.15, 0.2) is 118 Å². The zero-order chi connectivity index (χ0) is 34.9. The van der Waals surface area contributed by atoms with Crippen LogP contribution in [0, 0.1) is 11.7 Å². The van der Waals surface area contributed by atoms with Crippen LogP contribution < -0.4 is 21.5 Å². The fraction of sp³-hybridized carbons (Fsp3) is 0.189. The molecule has 1 saturated carbocycles. The number of allylic oxidation sites excluding steroid dienone is 2. The van der Waals surface area contributed by atoms with Crippen LogP contribution in [0.1, 0.15) is 29.5 Å². The number of hydrogen-bond acceptors (Lipinski definition) is 7. The van der Waals surface area contributed by atoms with E-state index in [9.17, 15) is 23.9 Å². The zero-order valence-electron chi connectivity index (χ0n) is 26.5. The first kappa shape index (κ1) is 31.4. The third-order valence-electron chi connectivity index (χ3n) is 10.1. The number of rotatable bonds is 6. The molecule has 4 atom stereocenters. The quantitative estimate of drug-likeness (QED) is 0.191. The molecule has 0 radical (unpaired) electrons. The molecule has 252 valence electrons. The van der Waals surface area contributed by atoms with E-state index in [4.69, 9.17) is 16.3 Å². The van der Waals surface area contributed by atoms with E-state index in [0.29, 0.717) is 33.1 Å². The number of anilines is 1. The van der Waals surface area contributed by atoms with Crippen LogP contribution in [0.2, 0.25) is 5.02 Å². The number of ether oxygens (including phenoxy) is 1. The number of carbonyl (C=O) groups excluding carboxylic acids is 2. The number of aromatic hydroxyl groups is 1. The van der Waals surface area contributed by atoms with Crippen molar-refractivity contribution in [3.8, 4) is 17.2 Å². The van der Waals surface area contributed by atoms with Gasteiger partial charge in [-0.2, -0.15) is 5.01 Å². The second kappa shape index (κ2) is 11.6. The van der Waals surface area contributed by atoms with Crippen molar-refractivity contribution < 1.29 is 23.8 Å². The highest BCUT2D eigenvalue weighted by Crippen LogP contribution is 2.63. The Balaban J connectivity index is 1.40. The summed E-state index contributed by atoms with van der Waals surface area (Å²) in [5.74, 6) is -3.49. The van der Waals surface area contributed by atoms with Gasteiger partial charge in [-0.05, 0) is 72.2 Å². The van der Waals surface area contributed by atoms with Crippen molar-refractivity contribution in [2.75, 3.05) is 12.5 Å². The normalized spacial score (nSPS) is 22.4. The smallest absolute Gasteiger partial charge is 0.352 e. The molecule has 3 heterocycles. The Morgan fingerprint density at radius 1 is 0.920 bits per heavy atom. The number of aromatic nitrogens is 3. The average Bonchev–Trinajstić information content (AvgIpc) is 3.50. The second-order valence-corrected chi connectivity index (χ2v) is 12.9. The molecule has 1 saturated heterocycles. The largest absolute Gasteiger partial charge is 0.508 e. The van der Waals surface area contributed by atoms with E-state index in [0.717, 1.165) is 9.58 Å². The first-order chi connectivity index (χ1) is 24.1. The number of hydrogen-bond donors (Lipinski definition) is 2. The topological polar surface area (TPSA) is 128 Å². The minimum Gasteiger partial charge on any atom is -0.508 e. The Kier molecular flexibility index (Phi) is 7.30. The lowest BCUT2D eigenvalue weighted by atomic mass is 9.53. The van der Waals surface area contributed by atoms with Crippen LogP contribution in [0.3, 0.4) is 0 Å². The number of phenols is 1. The third kappa shape index (κ3) is 4.48. The minimum atomic E-state index is -1.62. The number of benzene rings is 4. The Bertz CT molecular complexity index is 2330. The number of amides is 2. The lowest BCUT2D eigenvalue weighted by Crippen LogP contribution is -2.53. The predicted octanol–water partition coefficient (Wildman–Crippen LogP) is 4.93. The molecule has 13 heteroatoms. The van der Waals surface area contributed by atoms with Crippen molar-refractivity contribution in [1.82, 2.24) is 18.9 Å². The molecule has 5 aromatic rings. The van der Waals surface area contributed by atoms with Gasteiger partial charge in [-0.1, -0.05) is 54.1 Å². The highest BCUT2D eigenvalue weighted by atomic mass is 35.5. The van der Waals surface area contributed by atoms with Gasteiger partial charge >= 0.3 is 11.4 Å². The maximum atomic E-state index is 15.2. The van der Waals surface area contributed by atoms with Gasteiger partial charge in [0.1, 0.15) is 17.3 Å². The second-order valence-electron chi connectivity index (χ2n) is 12.5. The molecule has 4 unspecified atom stereocenters. The fourth-order valence-corrected chi connectivity index (χ4v) is 8.12. The van der Waals surface area contributed by atoms with E-state index in [2.05, 4.69) is 5.43 Å². The Labute approximate surface area is 289 Å². The summed E-state index contributed by atoms with van der Waals surface area (Å²) in [6.07, 6.45) is 1.81. The SMILES string of the molecule is COc1cc(O)ccc1C1C2=CCn3c(=O)n(-c4ccccc4)c(=O)n3C2CC2C(=O)N(Nc3ccc(F)cc3)C(=O)C21c1ccc(Cl)cc1. The average molecular weight is 694 g/mol. The van der Waals surface area contributed by atoms with E-state index in [-0.39, 0.29) is 24.5 Å². The first-order valence-corrected chi connectivity index (χ1v) is 16.3. The van der Waals surface area contributed by atoms with Gasteiger partial charge in [-0.15, -0.1) is 0 Å². The summed E-state index contributed by atoms with van der Waals surface area (Å²) in [6.45, 7) is 0.0116. The molecule has 0 spiro atoms. The first-order valence-electron chi connectivity index (χ1n) is 15.9. The number of para-hydroxylation sites is 1. The zero-order valence-corrected chi connectivity index (χ0v) is 27.3. The molecule has 8 rings (SSSR count). The summed E-state index contributed by atoms with van der Waals surface area (Å²) in [5.41, 5.74) is 2.45. The van der Waals surface area contributed by atoms with Gasteiger partial charge in [0, 0.05) is 22.6 Å². The maximum absolute atomic E-state index is 15.2. The van der Waals surface area contributed by atoms with E-state index in [1.54, 1.807) is 60.7 Å². The molecule has 11 nitrogen and oxygen atoms in total. The van der Waals surface area contributed by atoms with Gasteiger partial charge in [-0.25, -0.2) is 27.9 Å². The summed E-state index contributed by atoms with van der Waals surface area (Å²) >= 11 is 6.34. The molecule has 50 heavy (non-hydrogen) atoms. The maximum Gasteiger partial charge on any atom is 0.352 e. The van der Waals surface area contributed by atoms with Gasteiger partial charge < -0.3 is 9.84 Å². The Morgan fingerprint density at radius 3 is 2.34 bits per heavy atom. The van der Waals surface area contributed by atoms with Crippen molar-refractivity contribution in [3.63, 3.8) is 0 Å². The minimum absolute atomic E-state index is 0.0116. The predicted molar refractivity (Wildman–Crippen MR) is 182 cm³/mol. The summed E-state index contributed by atoms with van der Waals surface area (Å²) in [4.78, 5) is 58.0. The number of nitrogens with one attached hydrogen (secondary N) is 1. The molecular formula is C37H29ClFN5O6. The molecular weight excluding hydrogens is 665 g/mol. The number of halogens is 2. The number of nitrogens with zero attached hydrogens (tertiary/aromatic N) is 4. The summed E-state index contributed by atoms with van der Waals surface area (Å²) < 4.78 is 23.4. The van der Waals surface area contributed by atoms with Crippen molar-refractivity contribution in [2.24, 2.45) is 5.92 Å². The number of phenolic OH excluding ortho intramolecular Hbond substituents is 1.